The number of non-ortho nitro benzene ring substituents is 1. The number of urea groups is 1. The second-order valence-electron chi connectivity index (χ2n) is 15.6. The van der Waals surface area contributed by atoms with Gasteiger partial charge in [0, 0.05) is 124 Å². The Bertz CT molecular complexity index is 2940. The monoisotopic (exact) mass is 991 g/mol. The van der Waals surface area contributed by atoms with Crippen LogP contribution in [0.2, 0.25) is 0 Å². The van der Waals surface area contributed by atoms with Gasteiger partial charge in [0.15, 0.2) is 11.6 Å². The molecule has 368 valence electrons. The number of hydrogen-bond donors (Lipinski definition) is 3. The molecule has 0 saturated carbocycles. The Balaban J connectivity index is 0.000000169. The lowest BCUT2D eigenvalue weighted by Gasteiger charge is -2.34. The molecule has 23 heteroatoms. The number of aromatic nitrogens is 6. The number of nitrogens with two attached hydrogens (primary N) is 1. The van der Waals surface area contributed by atoms with Crippen LogP contribution in [-0.2, 0) is 14.1 Å². The Morgan fingerprint density at radius 1 is 0.676 bits per heavy atom. The molecule has 5 aromatic carbocycles. The maximum absolute atomic E-state index is 13.4. The molecule has 0 unspecified atom stereocenters. The lowest BCUT2D eigenvalue weighted by atomic mass is 10.1. The second kappa shape index (κ2) is 25.1. The molecule has 2 saturated heterocycles. The highest BCUT2D eigenvalue weighted by atomic mass is 35.5. The van der Waals surface area contributed by atoms with Crippen LogP contribution in [0.5, 0.6) is 5.75 Å². The Labute approximate surface area is 410 Å². The Morgan fingerprint density at radius 2 is 1.17 bits per heavy atom. The molecule has 2 aliphatic heterocycles. The van der Waals surface area contributed by atoms with Gasteiger partial charge in [-0.05, 0) is 72.8 Å². The minimum atomic E-state index is -0.978. The van der Waals surface area contributed by atoms with Gasteiger partial charge < -0.3 is 44.9 Å². The summed E-state index contributed by atoms with van der Waals surface area (Å²) in [5.74, 6) is 0.578. The van der Waals surface area contributed by atoms with Crippen molar-refractivity contribution in [1.29, 1.82) is 0 Å². The largest absolute Gasteiger partial charge is 0.414 e. The molecule has 7 aromatic rings. The molecule has 2 aromatic heterocycles. The number of nitro groups is 1. The zero-order valence-corrected chi connectivity index (χ0v) is 39.2. The van der Waals surface area contributed by atoms with Crippen molar-refractivity contribution in [2.45, 2.75) is 0 Å². The van der Waals surface area contributed by atoms with E-state index in [0.29, 0.717) is 61.9 Å². The average Bonchev–Trinajstić information content (AvgIpc) is 4.02. The molecule has 2 aliphatic rings. The Hall–Kier alpha value is -8.63. The number of amides is 4. The zero-order valence-electron chi connectivity index (χ0n) is 38.4. The van der Waals surface area contributed by atoms with Crippen LogP contribution < -0.4 is 21.1 Å². The van der Waals surface area contributed by atoms with Crippen molar-refractivity contribution in [3.8, 4) is 28.5 Å². The number of halogens is 3. The third-order valence-electron chi connectivity index (χ3n) is 10.6. The minimum absolute atomic E-state index is 0.0747. The van der Waals surface area contributed by atoms with Gasteiger partial charge in [-0.25, -0.2) is 18.4 Å². The molecule has 4 amide bonds. The summed E-state index contributed by atoms with van der Waals surface area (Å²) in [6, 6.07) is 31.2. The first kappa shape index (κ1) is 51.8. The van der Waals surface area contributed by atoms with Gasteiger partial charge in [0.25, 0.3) is 17.5 Å². The molecule has 71 heavy (non-hydrogen) atoms. The van der Waals surface area contributed by atoms with Crippen LogP contribution in [0.25, 0.3) is 22.8 Å². The molecular weight excluding hydrogens is 944 g/mol. The number of nitro benzene ring substituents is 1. The molecule has 9 rings (SSSR count). The molecule has 0 bridgehead atoms. The Morgan fingerprint density at radius 3 is 1.65 bits per heavy atom. The lowest BCUT2D eigenvalue weighted by molar-refractivity contribution is -0.384. The van der Waals surface area contributed by atoms with Crippen molar-refractivity contribution >= 4 is 51.9 Å². The highest BCUT2D eigenvalue weighted by molar-refractivity contribution is 6.61. The molecular formula is C48H48ClF2N13O7. The van der Waals surface area contributed by atoms with E-state index in [1.54, 1.807) is 50.1 Å². The molecule has 4 heterocycles. The summed E-state index contributed by atoms with van der Waals surface area (Å²) < 4.78 is 34.4. The smallest absolute Gasteiger partial charge is 0.409 e. The Kier molecular flexibility index (Phi) is 18.3. The van der Waals surface area contributed by atoms with Crippen molar-refractivity contribution < 1.29 is 37.6 Å². The molecule has 4 N–H and O–H groups in total. The van der Waals surface area contributed by atoms with Crippen LogP contribution in [0.15, 0.2) is 134 Å². The number of carbonyl (C=O) groups is 4. The van der Waals surface area contributed by atoms with Gasteiger partial charge in [-0.15, -0.1) is 20.4 Å². The van der Waals surface area contributed by atoms with E-state index in [4.69, 9.17) is 17.3 Å². The molecule has 2 fully saturated rings. The van der Waals surface area contributed by atoms with Gasteiger partial charge in [0.2, 0.25) is 0 Å². The first-order valence-electron chi connectivity index (χ1n) is 21.8. The number of anilines is 2. The molecule has 20 nitrogen and oxygen atoms in total. The van der Waals surface area contributed by atoms with Gasteiger partial charge in [0.05, 0.1) is 4.92 Å². The fraction of sp³-hybridized carbons (Fsp3) is 0.208. The maximum atomic E-state index is 13.4. The summed E-state index contributed by atoms with van der Waals surface area (Å²) in [7, 11) is 3.75. The van der Waals surface area contributed by atoms with Crippen molar-refractivity contribution in [1.82, 2.24) is 49.5 Å². The predicted molar refractivity (Wildman–Crippen MR) is 260 cm³/mol. The van der Waals surface area contributed by atoms with Gasteiger partial charge >= 0.3 is 11.5 Å². The third-order valence-corrected chi connectivity index (χ3v) is 10.7. The van der Waals surface area contributed by atoms with E-state index in [0.717, 1.165) is 35.7 Å². The number of rotatable bonds is 7. The van der Waals surface area contributed by atoms with Crippen LogP contribution in [0.1, 0.15) is 20.7 Å². The van der Waals surface area contributed by atoms with Crippen LogP contribution in [0, 0.1) is 21.7 Å². The zero-order chi connectivity index (χ0) is 50.9. The fourth-order valence-corrected chi connectivity index (χ4v) is 7.11. The van der Waals surface area contributed by atoms with E-state index >= 15 is 0 Å². The topological polar surface area (TPSA) is 242 Å². The van der Waals surface area contributed by atoms with E-state index in [9.17, 15) is 38.1 Å². The summed E-state index contributed by atoms with van der Waals surface area (Å²) in [5, 5.41) is 32.0. The summed E-state index contributed by atoms with van der Waals surface area (Å²) in [6.45, 7) is 4.57. The maximum Gasteiger partial charge on any atom is 0.409 e. The van der Waals surface area contributed by atoms with Crippen molar-refractivity contribution in [3.63, 3.8) is 0 Å². The summed E-state index contributed by atoms with van der Waals surface area (Å²) >= 11 is 4.92. The van der Waals surface area contributed by atoms with E-state index < -0.39 is 16.2 Å². The summed E-state index contributed by atoms with van der Waals surface area (Å²) in [4.78, 5) is 62.0. The number of nitrogens with zero attached hydrogens (tertiary/aromatic N) is 10. The average molecular weight is 992 g/mol. The fourth-order valence-electron chi connectivity index (χ4n) is 7.02. The molecule has 0 spiro atoms. The van der Waals surface area contributed by atoms with E-state index in [-0.39, 0.29) is 35.1 Å². The highest BCUT2D eigenvalue weighted by Gasteiger charge is 2.25. The first-order valence-corrected chi connectivity index (χ1v) is 22.2. The number of hydrogen-bond acceptors (Lipinski definition) is 13. The summed E-state index contributed by atoms with van der Waals surface area (Å²) in [5.41, 5.74) is 8.57. The van der Waals surface area contributed by atoms with Gasteiger partial charge in [-0.3, -0.25) is 19.7 Å². The lowest BCUT2D eigenvalue weighted by Crippen LogP contribution is -2.51. The number of nitrogen functional groups attached to an aromatic ring is 1. The number of nitrogens with one attached hydrogen (secondary N) is 2. The minimum Gasteiger partial charge on any atom is -0.414 e. The number of piperazine rings is 2. The quantitative estimate of drug-likeness (QED) is 0.0639. The van der Waals surface area contributed by atoms with Crippen molar-refractivity contribution in [2.24, 2.45) is 14.1 Å². The van der Waals surface area contributed by atoms with Crippen molar-refractivity contribution in [2.75, 3.05) is 63.4 Å². The van der Waals surface area contributed by atoms with Crippen LogP contribution in [0.4, 0.5) is 35.4 Å². The van der Waals surface area contributed by atoms with Gasteiger partial charge in [0.1, 0.15) is 30.0 Å². The first-order chi connectivity index (χ1) is 34.1. The van der Waals surface area contributed by atoms with Crippen LogP contribution in [0.3, 0.4) is 0 Å². The van der Waals surface area contributed by atoms with Crippen LogP contribution in [-0.4, -0.2) is 125 Å². The second-order valence-corrected chi connectivity index (χ2v) is 15.9. The van der Waals surface area contributed by atoms with E-state index in [1.165, 1.54) is 54.6 Å². The standard InChI is InChI=1S/C21H21FN6O2.C11H13FN2O.C9H10N4.C7H4ClNO4/c1-26-14-23-25-19(26)15-4-3-7-18(13-15)24-21(30)28-10-8-27(9-11-28)20(29)16-5-2-6-17(22)12-16;12-10-3-1-2-9(8-10)11(15)14-6-4-13-5-7-14;1-13-6-11-12-9(13)7-3-2-4-8(10)5-7;8-7(10)13-6-3-1-5(2-4-6)9(11)12/h2-7,12-14H,8-11H2,1H3,(H,24,30);1-3,8,13H,4-7H2;2-6H,10H2,1H3;1-4H. The SMILES string of the molecule is Cn1cnnc1-c1cccc(N)c1.Cn1cnnc1-c1cccc(NC(=O)N2CCN(C(=O)c3cccc(F)c3)CC2)c1.O=C(Cl)Oc1ccc([N+](=O)[O-])cc1.O=C(c1cccc(F)c1)N1CCNCC1. The van der Waals surface area contributed by atoms with Crippen LogP contribution >= 0.6 is 11.6 Å². The van der Waals surface area contributed by atoms with Gasteiger partial charge in [-0.1, -0.05) is 36.4 Å². The van der Waals surface area contributed by atoms with Gasteiger partial charge in [-0.2, -0.15) is 0 Å². The number of carbonyl (C=O) groups excluding carboxylic acids is 4. The molecule has 0 radical (unpaired) electrons. The predicted octanol–water partition coefficient (Wildman–Crippen LogP) is 6.88. The number of ether oxygens (including phenoxy) is 1. The van der Waals surface area contributed by atoms with Crippen molar-refractivity contribution in [3.05, 3.63) is 167 Å². The number of aryl methyl sites for hydroxylation is 2. The third kappa shape index (κ3) is 15.2. The number of benzene rings is 5. The molecule has 0 aliphatic carbocycles. The highest BCUT2D eigenvalue weighted by Crippen LogP contribution is 2.22. The normalized spacial score (nSPS) is 12.9. The molecule has 0 atom stereocenters. The summed E-state index contributed by atoms with van der Waals surface area (Å²) in [6.07, 6.45) is 3.28. The van der Waals surface area contributed by atoms with E-state index in [1.807, 2.05) is 67.2 Å². The van der Waals surface area contributed by atoms with E-state index in [2.05, 4.69) is 35.8 Å².